The van der Waals surface area contributed by atoms with Crippen LogP contribution in [-0.4, -0.2) is 75.9 Å². The van der Waals surface area contributed by atoms with Crippen LogP contribution in [0.2, 0.25) is 0 Å². The highest BCUT2D eigenvalue weighted by Gasteiger charge is 2.34. The molecule has 0 aliphatic heterocycles. The maximum absolute atomic E-state index is 12.7. The van der Waals surface area contributed by atoms with Gasteiger partial charge in [0.1, 0.15) is 11.7 Å². The van der Waals surface area contributed by atoms with E-state index in [2.05, 4.69) is 45.1 Å². The fraction of sp³-hybridized carbons (Fsp3) is 0.722. The van der Waals surface area contributed by atoms with E-state index >= 15 is 0 Å². The highest BCUT2D eigenvalue weighted by molar-refractivity contribution is 6.38. The molecule has 0 saturated heterocycles. The van der Waals surface area contributed by atoms with Crippen molar-refractivity contribution in [3.8, 4) is 0 Å². The Kier molecular flexibility index (Phi) is 18.7. The van der Waals surface area contributed by atoms with Crippen LogP contribution in [-0.2, 0) is 24.0 Å². The summed E-state index contributed by atoms with van der Waals surface area (Å²) >= 11 is 0. The molecular formula is C36H59N7O6. The zero-order valence-electron chi connectivity index (χ0n) is 30.1. The minimum absolute atomic E-state index is 0.0244. The number of carbonyl (C=O) groups excluding carboxylic acids is 6. The Hall–Kier alpha value is -3.74. The predicted molar refractivity (Wildman–Crippen MR) is 187 cm³/mol. The van der Waals surface area contributed by atoms with E-state index in [1.54, 1.807) is 0 Å². The number of aromatic nitrogens is 2. The van der Waals surface area contributed by atoms with E-state index in [0.29, 0.717) is 12.3 Å². The second-order valence-electron chi connectivity index (χ2n) is 13.4. The normalized spacial score (nSPS) is 17.0. The summed E-state index contributed by atoms with van der Waals surface area (Å²) < 4.78 is 0. The first-order valence-electron chi connectivity index (χ1n) is 18.2. The number of rotatable bonds is 19. The molecule has 0 aromatic carbocycles. The molecule has 3 unspecified atom stereocenters. The number of nitrogens with one attached hydrogen (secondary N) is 4. The van der Waals surface area contributed by atoms with Gasteiger partial charge in [-0.3, -0.25) is 33.8 Å². The molecule has 1 aromatic heterocycles. The Balaban J connectivity index is 0.000000341. The summed E-state index contributed by atoms with van der Waals surface area (Å²) in [5.74, 6) is -1.98. The fourth-order valence-corrected chi connectivity index (χ4v) is 6.19. The lowest BCUT2D eigenvalue weighted by Crippen LogP contribution is -2.56. The lowest BCUT2D eigenvalue weighted by atomic mass is 9.83. The fourth-order valence-electron chi connectivity index (χ4n) is 6.19. The maximum Gasteiger partial charge on any atom is 0.289 e. The number of hydrogen-bond donors (Lipinski definition) is 5. The molecule has 49 heavy (non-hydrogen) atoms. The summed E-state index contributed by atoms with van der Waals surface area (Å²) in [6, 6.07) is -2.01. The zero-order valence-corrected chi connectivity index (χ0v) is 30.1. The number of carbonyl (C=O) groups is 6. The predicted octanol–water partition coefficient (Wildman–Crippen LogP) is 3.16. The molecule has 13 nitrogen and oxygen atoms in total. The van der Waals surface area contributed by atoms with Crippen molar-refractivity contribution in [3.63, 3.8) is 0 Å². The molecule has 2 aliphatic carbocycles. The van der Waals surface area contributed by atoms with Gasteiger partial charge in [-0.25, -0.2) is 4.98 Å². The molecule has 1 heterocycles. The second kappa shape index (κ2) is 22.1. The van der Waals surface area contributed by atoms with Crippen LogP contribution in [0.15, 0.2) is 18.6 Å². The summed E-state index contributed by atoms with van der Waals surface area (Å²) in [7, 11) is 0. The zero-order chi connectivity index (χ0) is 36.3. The molecule has 3 rings (SSSR count). The van der Waals surface area contributed by atoms with Gasteiger partial charge in [-0.2, -0.15) is 0 Å². The van der Waals surface area contributed by atoms with Crippen LogP contribution in [0.5, 0.6) is 0 Å². The number of ketones is 2. The van der Waals surface area contributed by atoms with Gasteiger partial charge < -0.3 is 27.0 Å². The maximum atomic E-state index is 12.7. The quantitative estimate of drug-likeness (QED) is 0.136. The van der Waals surface area contributed by atoms with Crippen molar-refractivity contribution in [1.82, 2.24) is 31.2 Å². The van der Waals surface area contributed by atoms with Gasteiger partial charge in [0.05, 0.1) is 18.3 Å². The van der Waals surface area contributed by atoms with Gasteiger partial charge in [0.25, 0.3) is 11.8 Å². The van der Waals surface area contributed by atoms with Gasteiger partial charge in [-0.1, -0.05) is 66.2 Å². The standard InChI is InChI=1S/C19H34N2O3.C17H25N5O3/c1-5-8-14(9-6-2)13(4)18(23)21-16(10-7-3)17(22)19(24)20-15-11-12-15;1-11(23)13(9-18)21-17(25)15(12-5-3-2-4-6-12)22-16(24)14-10-19-7-8-20-14/h13-16H,5-12H2,1-4H3,(H,20,24)(H,21,23);7-8,10,12-13,15H,2-6,9,18H2,1H3,(H,21,25)(H,22,24)/t13?,16-;/m0./s1. The smallest absolute Gasteiger partial charge is 0.289 e. The lowest BCUT2D eigenvalue weighted by molar-refractivity contribution is -0.140. The van der Waals surface area contributed by atoms with E-state index in [0.717, 1.165) is 77.0 Å². The van der Waals surface area contributed by atoms with Crippen LogP contribution < -0.4 is 27.0 Å². The van der Waals surface area contributed by atoms with Gasteiger partial charge in [0.2, 0.25) is 17.6 Å². The molecule has 4 atom stereocenters. The van der Waals surface area contributed by atoms with Gasteiger partial charge in [-0.05, 0) is 63.7 Å². The van der Waals surface area contributed by atoms with E-state index in [9.17, 15) is 28.8 Å². The number of hydrogen-bond acceptors (Lipinski definition) is 9. The largest absolute Gasteiger partial charge is 0.347 e. The summed E-state index contributed by atoms with van der Waals surface area (Å²) in [6.07, 6.45) is 16.4. The van der Waals surface area contributed by atoms with E-state index < -0.39 is 35.7 Å². The first-order valence-corrected chi connectivity index (χ1v) is 18.2. The van der Waals surface area contributed by atoms with Gasteiger partial charge in [0.15, 0.2) is 5.78 Å². The molecule has 0 radical (unpaired) electrons. The number of nitrogens with zero attached hydrogens (tertiary/aromatic N) is 2. The third kappa shape index (κ3) is 14.3. The monoisotopic (exact) mass is 685 g/mol. The van der Waals surface area contributed by atoms with Gasteiger partial charge >= 0.3 is 0 Å². The average Bonchev–Trinajstić information content (AvgIpc) is 3.93. The van der Waals surface area contributed by atoms with Crippen molar-refractivity contribution < 1.29 is 28.8 Å². The van der Waals surface area contributed by atoms with Crippen LogP contribution in [0.25, 0.3) is 0 Å². The van der Waals surface area contributed by atoms with Crippen molar-refractivity contribution in [2.24, 2.45) is 23.5 Å². The third-order valence-electron chi connectivity index (χ3n) is 9.32. The third-order valence-corrected chi connectivity index (χ3v) is 9.32. The van der Waals surface area contributed by atoms with Gasteiger partial charge in [0, 0.05) is 30.9 Å². The van der Waals surface area contributed by atoms with E-state index in [-0.39, 0.29) is 47.7 Å². The van der Waals surface area contributed by atoms with Crippen molar-refractivity contribution in [3.05, 3.63) is 24.3 Å². The molecule has 13 heteroatoms. The van der Waals surface area contributed by atoms with Crippen molar-refractivity contribution in [2.45, 2.75) is 142 Å². The molecule has 0 spiro atoms. The Bertz CT molecular complexity index is 1210. The number of Topliss-reactive ketones (excluding diaryl/α,β-unsaturated/α-hetero) is 2. The molecule has 6 N–H and O–H groups in total. The van der Waals surface area contributed by atoms with Crippen molar-refractivity contribution in [1.29, 1.82) is 0 Å². The first-order chi connectivity index (χ1) is 23.5. The Morgan fingerprint density at radius 3 is 1.94 bits per heavy atom. The summed E-state index contributed by atoms with van der Waals surface area (Å²) in [5.41, 5.74) is 5.70. The molecule has 2 aliphatic rings. The average molecular weight is 686 g/mol. The Labute approximate surface area is 291 Å². The molecule has 2 saturated carbocycles. The molecule has 274 valence electrons. The van der Waals surface area contributed by atoms with Gasteiger partial charge in [-0.15, -0.1) is 0 Å². The second-order valence-corrected chi connectivity index (χ2v) is 13.4. The highest BCUT2D eigenvalue weighted by Crippen LogP contribution is 2.27. The van der Waals surface area contributed by atoms with Crippen molar-refractivity contribution in [2.75, 3.05) is 6.54 Å². The van der Waals surface area contributed by atoms with Crippen molar-refractivity contribution >= 4 is 35.2 Å². The molecule has 1 aromatic rings. The van der Waals surface area contributed by atoms with Crippen LogP contribution >= 0.6 is 0 Å². The van der Waals surface area contributed by atoms with E-state index in [1.807, 2.05) is 13.8 Å². The van der Waals surface area contributed by atoms with Crippen LogP contribution in [0.3, 0.4) is 0 Å². The summed E-state index contributed by atoms with van der Waals surface area (Å²) in [6.45, 7) is 9.54. The number of amides is 4. The first kappa shape index (κ1) is 41.4. The molecule has 0 bridgehead atoms. The Morgan fingerprint density at radius 1 is 0.816 bits per heavy atom. The SMILES string of the molecule is CC(=O)C(CN)NC(=O)C(NC(=O)c1cnccn1)C1CCCCC1.CCCC(CCC)C(C)C(=O)N[C@@H](CCC)C(=O)C(=O)NC1CC1. The molecular weight excluding hydrogens is 626 g/mol. The Morgan fingerprint density at radius 2 is 1.43 bits per heavy atom. The molecule has 2 fully saturated rings. The van der Waals surface area contributed by atoms with Crippen LogP contribution in [0.1, 0.15) is 129 Å². The number of nitrogens with two attached hydrogens (primary N) is 1. The highest BCUT2D eigenvalue weighted by atomic mass is 16.2. The van der Waals surface area contributed by atoms with Crippen LogP contribution in [0.4, 0.5) is 0 Å². The van der Waals surface area contributed by atoms with E-state index in [1.165, 1.54) is 25.5 Å². The minimum Gasteiger partial charge on any atom is -0.347 e. The van der Waals surface area contributed by atoms with Crippen LogP contribution in [0, 0.1) is 17.8 Å². The van der Waals surface area contributed by atoms with E-state index in [4.69, 9.17) is 5.73 Å². The topological polar surface area (TPSA) is 202 Å². The molecule has 4 amide bonds. The summed E-state index contributed by atoms with van der Waals surface area (Å²) in [4.78, 5) is 81.4. The minimum atomic E-state index is -0.744. The lowest BCUT2D eigenvalue weighted by Gasteiger charge is -2.30. The summed E-state index contributed by atoms with van der Waals surface area (Å²) in [5, 5.41) is 11.0.